The lowest BCUT2D eigenvalue weighted by molar-refractivity contribution is 0.229. The van der Waals surface area contributed by atoms with Gasteiger partial charge >= 0.3 is 0 Å². The van der Waals surface area contributed by atoms with Crippen molar-refractivity contribution in [3.05, 3.63) is 23.9 Å². The Morgan fingerprint density at radius 3 is 3.18 bits per heavy atom. The SMILES string of the molecule is OC1(Cl)C=CC2=NN=NC2=C1. The number of allylic oxidation sites excluding steroid dienone is 1. The Hall–Kier alpha value is -1.00. The molecule has 56 valence electrons. The zero-order chi connectivity index (χ0) is 7.90. The molecule has 0 amide bonds. The van der Waals surface area contributed by atoms with Gasteiger partial charge in [0, 0.05) is 0 Å². The summed E-state index contributed by atoms with van der Waals surface area (Å²) in [5, 5.41) is 18.6. The number of aliphatic hydroxyl groups is 1. The summed E-state index contributed by atoms with van der Waals surface area (Å²) in [7, 11) is 0. The molecule has 0 aromatic carbocycles. The highest BCUT2D eigenvalue weighted by atomic mass is 35.5. The van der Waals surface area contributed by atoms with Gasteiger partial charge < -0.3 is 5.11 Å². The second-order valence-corrected chi connectivity index (χ2v) is 2.87. The lowest BCUT2D eigenvalue weighted by atomic mass is 10.1. The molecule has 0 aromatic heterocycles. The van der Waals surface area contributed by atoms with Crippen LogP contribution in [0.3, 0.4) is 0 Å². The Kier molecular flexibility index (Phi) is 1.21. The number of hydrogen-bond acceptors (Lipinski definition) is 4. The lowest BCUT2D eigenvalue weighted by Crippen LogP contribution is -2.19. The van der Waals surface area contributed by atoms with E-state index < -0.39 is 5.06 Å². The predicted molar refractivity (Wildman–Crippen MR) is 40.3 cm³/mol. The average molecular weight is 170 g/mol. The van der Waals surface area contributed by atoms with Crippen molar-refractivity contribution in [1.82, 2.24) is 0 Å². The highest BCUT2D eigenvalue weighted by molar-refractivity contribution is 6.27. The van der Waals surface area contributed by atoms with Crippen LogP contribution in [0.25, 0.3) is 0 Å². The smallest absolute Gasteiger partial charge is 0.179 e. The number of alkyl halides is 1. The molecular weight excluding hydrogens is 166 g/mol. The molecule has 2 rings (SSSR count). The van der Waals surface area contributed by atoms with E-state index in [4.69, 9.17) is 11.6 Å². The molecular formula is C6H4ClN3O. The largest absolute Gasteiger partial charge is 0.368 e. The zero-order valence-electron chi connectivity index (χ0n) is 5.40. The molecule has 0 saturated carbocycles. The number of hydrogen-bond donors (Lipinski definition) is 1. The normalized spacial score (nSPS) is 33.3. The van der Waals surface area contributed by atoms with Crippen LogP contribution in [0.2, 0.25) is 0 Å². The van der Waals surface area contributed by atoms with Crippen LogP contribution in [-0.2, 0) is 0 Å². The van der Waals surface area contributed by atoms with Crippen molar-refractivity contribution in [2.24, 2.45) is 15.4 Å². The number of halogens is 1. The van der Waals surface area contributed by atoms with Crippen LogP contribution in [-0.4, -0.2) is 15.9 Å². The van der Waals surface area contributed by atoms with E-state index in [1.807, 2.05) is 0 Å². The summed E-state index contributed by atoms with van der Waals surface area (Å²) < 4.78 is 0. The van der Waals surface area contributed by atoms with Crippen molar-refractivity contribution in [3.63, 3.8) is 0 Å². The Labute approximate surface area is 67.6 Å². The summed E-state index contributed by atoms with van der Waals surface area (Å²) in [6.07, 6.45) is 4.40. The molecule has 4 nitrogen and oxygen atoms in total. The molecule has 0 aromatic rings. The maximum atomic E-state index is 9.27. The third kappa shape index (κ3) is 1.10. The fourth-order valence-electron chi connectivity index (χ4n) is 0.878. The standard InChI is InChI=1S/C6H4ClN3O/c7-6(11)2-1-4-5(3-6)9-10-8-4/h1-3,11H. The van der Waals surface area contributed by atoms with Crippen LogP contribution >= 0.6 is 11.6 Å². The van der Waals surface area contributed by atoms with Gasteiger partial charge in [-0.1, -0.05) is 11.6 Å². The number of rotatable bonds is 0. The van der Waals surface area contributed by atoms with E-state index >= 15 is 0 Å². The summed E-state index contributed by atoms with van der Waals surface area (Å²) in [6.45, 7) is 0. The Balaban J connectivity index is 2.45. The zero-order valence-corrected chi connectivity index (χ0v) is 6.15. The first kappa shape index (κ1) is 6.69. The molecule has 0 fully saturated rings. The van der Waals surface area contributed by atoms with Crippen LogP contribution < -0.4 is 0 Å². The molecule has 0 spiro atoms. The molecule has 1 aliphatic heterocycles. The Morgan fingerprint density at radius 1 is 1.55 bits per heavy atom. The second kappa shape index (κ2) is 1.99. The molecule has 0 saturated heterocycles. The second-order valence-electron chi connectivity index (χ2n) is 2.27. The van der Waals surface area contributed by atoms with E-state index in [0.717, 1.165) is 0 Å². The highest BCUT2D eigenvalue weighted by Crippen LogP contribution is 2.25. The molecule has 1 atom stereocenters. The first-order chi connectivity index (χ1) is 5.17. The number of nitrogens with zero attached hydrogens (tertiary/aromatic N) is 3. The van der Waals surface area contributed by atoms with E-state index in [2.05, 4.69) is 15.4 Å². The highest BCUT2D eigenvalue weighted by Gasteiger charge is 2.25. The minimum absolute atomic E-state index is 0.519. The van der Waals surface area contributed by atoms with Gasteiger partial charge in [-0.2, -0.15) is 0 Å². The maximum absolute atomic E-state index is 9.27. The van der Waals surface area contributed by atoms with Crippen molar-refractivity contribution >= 4 is 17.3 Å². The summed E-state index contributed by atoms with van der Waals surface area (Å²) in [6, 6.07) is 0. The lowest BCUT2D eigenvalue weighted by Gasteiger charge is -2.14. The van der Waals surface area contributed by atoms with Crippen LogP contribution in [0.4, 0.5) is 0 Å². The maximum Gasteiger partial charge on any atom is 0.179 e. The van der Waals surface area contributed by atoms with Crippen molar-refractivity contribution in [1.29, 1.82) is 0 Å². The number of fused-ring (bicyclic) bond motifs is 1. The fourth-order valence-corrected chi connectivity index (χ4v) is 1.04. The van der Waals surface area contributed by atoms with Gasteiger partial charge in [0.25, 0.3) is 0 Å². The first-order valence-electron chi connectivity index (χ1n) is 3.00. The Morgan fingerprint density at radius 2 is 2.36 bits per heavy atom. The van der Waals surface area contributed by atoms with E-state index in [-0.39, 0.29) is 0 Å². The molecule has 2 aliphatic rings. The molecule has 1 aliphatic carbocycles. The van der Waals surface area contributed by atoms with Gasteiger partial charge in [0.2, 0.25) is 0 Å². The third-order valence-corrected chi connectivity index (χ3v) is 1.62. The van der Waals surface area contributed by atoms with Crippen LogP contribution in [0.15, 0.2) is 39.4 Å². The van der Waals surface area contributed by atoms with Crippen LogP contribution in [0.1, 0.15) is 0 Å². The first-order valence-corrected chi connectivity index (χ1v) is 3.38. The molecule has 0 bridgehead atoms. The van der Waals surface area contributed by atoms with Gasteiger partial charge in [0.1, 0.15) is 11.4 Å². The van der Waals surface area contributed by atoms with Gasteiger partial charge in [-0.15, -0.1) is 10.2 Å². The summed E-state index contributed by atoms with van der Waals surface area (Å²) in [5.41, 5.74) is 1.15. The molecule has 0 radical (unpaired) electrons. The third-order valence-electron chi connectivity index (χ3n) is 1.38. The fraction of sp³-hybridized carbons (Fsp3) is 0.167. The van der Waals surface area contributed by atoms with Gasteiger partial charge in [-0.3, -0.25) is 0 Å². The van der Waals surface area contributed by atoms with Crippen molar-refractivity contribution in [2.45, 2.75) is 5.06 Å². The van der Waals surface area contributed by atoms with E-state index in [0.29, 0.717) is 11.4 Å². The van der Waals surface area contributed by atoms with Crippen molar-refractivity contribution < 1.29 is 5.11 Å². The summed E-state index contributed by atoms with van der Waals surface area (Å²) in [4.78, 5) is 0. The quantitative estimate of drug-likeness (QED) is 0.544. The topological polar surface area (TPSA) is 57.3 Å². The van der Waals surface area contributed by atoms with Gasteiger partial charge in [0.15, 0.2) is 5.06 Å². The summed E-state index contributed by atoms with van der Waals surface area (Å²) >= 11 is 5.57. The van der Waals surface area contributed by atoms with Gasteiger partial charge in [-0.05, 0) is 23.5 Å². The van der Waals surface area contributed by atoms with Gasteiger partial charge in [0.05, 0.1) is 0 Å². The Bertz CT molecular complexity index is 314. The van der Waals surface area contributed by atoms with Crippen molar-refractivity contribution in [3.8, 4) is 0 Å². The molecule has 1 heterocycles. The van der Waals surface area contributed by atoms with E-state index in [1.165, 1.54) is 12.2 Å². The van der Waals surface area contributed by atoms with Crippen molar-refractivity contribution in [2.75, 3.05) is 0 Å². The minimum Gasteiger partial charge on any atom is -0.368 e. The summed E-state index contributed by atoms with van der Waals surface area (Å²) in [5.74, 6) is 0. The van der Waals surface area contributed by atoms with Gasteiger partial charge in [-0.25, -0.2) is 0 Å². The molecule has 1 N–H and O–H groups in total. The molecule has 5 heteroatoms. The van der Waals surface area contributed by atoms with E-state index in [9.17, 15) is 5.11 Å². The van der Waals surface area contributed by atoms with E-state index in [1.54, 1.807) is 6.08 Å². The predicted octanol–water partition coefficient (Wildman–Crippen LogP) is 1.19. The molecule has 1 unspecified atom stereocenters. The van der Waals surface area contributed by atoms with Crippen LogP contribution in [0.5, 0.6) is 0 Å². The minimum atomic E-state index is -1.43. The van der Waals surface area contributed by atoms with Crippen LogP contribution in [0, 0.1) is 0 Å². The monoisotopic (exact) mass is 169 g/mol. The average Bonchev–Trinajstić information content (AvgIpc) is 2.31. The molecule has 11 heavy (non-hydrogen) atoms.